The molecule has 0 fully saturated rings. The molecule has 1 aromatic carbocycles. The summed E-state index contributed by atoms with van der Waals surface area (Å²) in [5, 5.41) is 14.9. The second-order valence-electron chi connectivity index (χ2n) is 5.61. The number of nitrogens with zero attached hydrogens (tertiary/aromatic N) is 4. The second-order valence-corrected chi connectivity index (χ2v) is 5.61. The molecule has 4 aromatic rings. The normalized spacial score (nSPS) is 12.5. The number of benzene rings is 1. The number of hydrogen-bond donors (Lipinski definition) is 2. The van der Waals surface area contributed by atoms with E-state index in [1.807, 2.05) is 47.5 Å². The highest BCUT2D eigenvalue weighted by Gasteiger charge is 2.16. The molecule has 6 heteroatoms. The lowest BCUT2D eigenvalue weighted by atomic mass is 10.0. The summed E-state index contributed by atoms with van der Waals surface area (Å²) in [6.45, 7) is 0.102. The number of nitrogens with one attached hydrogen (secondary N) is 1. The minimum Gasteiger partial charge on any atom is -0.396 e. The van der Waals surface area contributed by atoms with Gasteiger partial charge in [-0.25, -0.2) is 9.97 Å². The zero-order valence-corrected chi connectivity index (χ0v) is 13.0. The number of aliphatic hydroxyl groups excluding tert-OH is 1. The largest absolute Gasteiger partial charge is 0.396 e. The predicted octanol–water partition coefficient (Wildman–Crippen LogP) is 2.79. The van der Waals surface area contributed by atoms with Crippen LogP contribution >= 0.6 is 0 Å². The molecule has 0 radical (unpaired) electrons. The van der Waals surface area contributed by atoms with Gasteiger partial charge in [-0.1, -0.05) is 30.3 Å². The van der Waals surface area contributed by atoms with Gasteiger partial charge in [-0.15, -0.1) is 0 Å². The molecule has 24 heavy (non-hydrogen) atoms. The Labute approximate surface area is 138 Å². The summed E-state index contributed by atoms with van der Waals surface area (Å²) in [6.07, 6.45) is 7.79. The lowest BCUT2D eigenvalue weighted by Gasteiger charge is -2.16. The Morgan fingerprint density at radius 1 is 1.12 bits per heavy atom. The Kier molecular flexibility index (Phi) is 3.80. The molecule has 0 saturated carbocycles. The third kappa shape index (κ3) is 2.57. The van der Waals surface area contributed by atoms with Gasteiger partial charge in [0, 0.05) is 30.0 Å². The summed E-state index contributed by atoms with van der Waals surface area (Å²) in [6, 6.07) is 12.0. The van der Waals surface area contributed by atoms with Gasteiger partial charge in [0.25, 0.3) is 0 Å². The summed E-state index contributed by atoms with van der Waals surface area (Å²) in [5.41, 5.74) is 3.71. The number of aliphatic hydroxyl groups is 1. The van der Waals surface area contributed by atoms with Crippen molar-refractivity contribution in [1.29, 1.82) is 0 Å². The predicted molar refractivity (Wildman–Crippen MR) is 91.4 cm³/mol. The molecule has 3 aromatic heterocycles. The van der Waals surface area contributed by atoms with Crippen molar-refractivity contribution >= 4 is 11.0 Å². The first-order chi connectivity index (χ1) is 11.9. The highest BCUT2D eigenvalue weighted by Crippen LogP contribution is 2.27. The van der Waals surface area contributed by atoms with E-state index in [-0.39, 0.29) is 12.6 Å². The standard InChI is InChI=1S/C18H17N5O/c24-9-7-16(13-4-2-1-3-5-13)23-11-14(10-22-23)17-15-6-8-19-18(15)21-12-20-17/h1-6,8,10-12,16,24H,7,9H2,(H,19,20,21). The van der Waals surface area contributed by atoms with E-state index < -0.39 is 0 Å². The van der Waals surface area contributed by atoms with Gasteiger partial charge in [-0.2, -0.15) is 5.10 Å². The monoisotopic (exact) mass is 319 g/mol. The molecule has 2 N–H and O–H groups in total. The van der Waals surface area contributed by atoms with Crippen LogP contribution in [0.25, 0.3) is 22.3 Å². The molecule has 0 aliphatic carbocycles. The zero-order chi connectivity index (χ0) is 16.4. The van der Waals surface area contributed by atoms with Crippen molar-refractivity contribution in [2.45, 2.75) is 12.5 Å². The smallest absolute Gasteiger partial charge is 0.141 e. The fourth-order valence-electron chi connectivity index (χ4n) is 2.98. The number of aromatic nitrogens is 5. The summed E-state index contributed by atoms with van der Waals surface area (Å²) in [4.78, 5) is 11.7. The Bertz CT molecular complexity index is 944. The fourth-order valence-corrected chi connectivity index (χ4v) is 2.98. The first-order valence-corrected chi connectivity index (χ1v) is 7.85. The van der Waals surface area contributed by atoms with Gasteiger partial charge >= 0.3 is 0 Å². The maximum Gasteiger partial charge on any atom is 0.141 e. The van der Waals surface area contributed by atoms with E-state index in [4.69, 9.17) is 0 Å². The average molecular weight is 319 g/mol. The van der Waals surface area contributed by atoms with Gasteiger partial charge in [0.05, 0.1) is 17.9 Å². The third-order valence-electron chi connectivity index (χ3n) is 4.14. The van der Waals surface area contributed by atoms with Crippen molar-refractivity contribution in [1.82, 2.24) is 24.7 Å². The molecule has 1 unspecified atom stereocenters. The van der Waals surface area contributed by atoms with Gasteiger partial charge in [-0.05, 0) is 18.1 Å². The van der Waals surface area contributed by atoms with Crippen molar-refractivity contribution in [3.8, 4) is 11.3 Å². The molecule has 0 bridgehead atoms. The van der Waals surface area contributed by atoms with E-state index in [0.717, 1.165) is 27.9 Å². The van der Waals surface area contributed by atoms with E-state index in [1.54, 1.807) is 6.33 Å². The molecular weight excluding hydrogens is 302 g/mol. The summed E-state index contributed by atoms with van der Waals surface area (Å²) in [5.74, 6) is 0. The Balaban J connectivity index is 1.74. The van der Waals surface area contributed by atoms with Crippen LogP contribution in [0.1, 0.15) is 18.0 Å². The first-order valence-electron chi connectivity index (χ1n) is 7.85. The molecule has 0 aliphatic heterocycles. The third-order valence-corrected chi connectivity index (χ3v) is 4.14. The molecule has 1 atom stereocenters. The van der Waals surface area contributed by atoms with Crippen LogP contribution in [0, 0.1) is 0 Å². The van der Waals surface area contributed by atoms with Gasteiger partial charge in [0.1, 0.15) is 12.0 Å². The molecule has 0 saturated heterocycles. The molecule has 4 rings (SSSR count). The van der Waals surface area contributed by atoms with Gasteiger partial charge < -0.3 is 10.1 Å². The maximum atomic E-state index is 9.43. The topological polar surface area (TPSA) is 79.6 Å². The second kappa shape index (κ2) is 6.25. The number of rotatable bonds is 5. The zero-order valence-electron chi connectivity index (χ0n) is 13.0. The number of aromatic amines is 1. The quantitative estimate of drug-likeness (QED) is 0.593. The van der Waals surface area contributed by atoms with Gasteiger partial charge in [-0.3, -0.25) is 4.68 Å². The van der Waals surface area contributed by atoms with Crippen LogP contribution in [0.5, 0.6) is 0 Å². The van der Waals surface area contributed by atoms with Crippen LogP contribution in [0.4, 0.5) is 0 Å². The van der Waals surface area contributed by atoms with Crippen LogP contribution in [0.15, 0.2) is 61.3 Å². The maximum absolute atomic E-state index is 9.43. The number of H-pyrrole nitrogens is 1. The molecule has 0 aliphatic rings. The summed E-state index contributed by atoms with van der Waals surface area (Å²) in [7, 11) is 0. The highest BCUT2D eigenvalue weighted by atomic mass is 16.3. The lowest BCUT2D eigenvalue weighted by Crippen LogP contribution is -2.12. The SMILES string of the molecule is OCCC(c1ccccc1)n1cc(-c2ncnc3[nH]ccc23)cn1. The van der Waals surface area contributed by atoms with E-state index in [1.165, 1.54) is 0 Å². The Morgan fingerprint density at radius 2 is 2.00 bits per heavy atom. The summed E-state index contributed by atoms with van der Waals surface area (Å²) >= 11 is 0. The van der Waals surface area contributed by atoms with E-state index >= 15 is 0 Å². The fraction of sp³-hybridized carbons (Fsp3) is 0.167. The molecule has 0 spiro atoms. The van der Waals surface area contributed by atoms with Crippen LogP contribution in [-0.4, -0.2) is 36.4 Å². The molecular formula is C18H17N5O. The van der Waals surface area contributed by atoms with Crippen LogP contribution in [0.3, 0.4) is 0 Å². The lowest BCUT2D eigenvalue weighted by molar-refractivity contribution is 0.263. The minimum atomic E-state index is -0.00602. The van der Waals surface area contributed by atoms with Crippen LogP contribution in [-0.2, 0) is 0 Å². The van der Waals surface area contributed by atoms with Crippen molar-refractivity contribution in [2.75, 3.05) is 6.61 Å². The van der Waals surface area contributed by atoms with Crippen LogP contribution < -0.4 is 0 Å². The van der Waals surface area contributed by atoms with Crippen molar-refractivity contribution in [2.24, 2.45) is 0 Å². The van der Waals surface area contributed by atoms with E-state index in [9.17, 15) is 5.11 Å². The number of fused-ring (bicyclic) bond motifs is 1. The Morgan fingerprint density at radius 3 is 2.83 bits per heavy atom. The Hall–Kier alpha value is -2.99. The van der Waals surface area contributed by atoms with Crippen molar-refractivity contribution in [3.05, 3.63) is 66.9 Å². The molecule has 6 nitrogen and oxygen atoms in total. The highest BCUT2D eigenvalue weighted by molar-refractivity contribution is 5.89. The van der Waals surface area contributed by atoms with Crippen molar-refractivity contribution < 1.29 is 5.11 Å². The van der Waals surface area contributed by atoms with Gasteiger partial charge in [0.15, 0.2) is 0 Å². The number of hydrogen-bond acceptors (Lipinski definition) is 4. The van der Waals surface area contributed by atoms with E-state index in [2.05, 4.69) is 32.2 Å². The molecule has 120 valence electrons. The molecule has 3 heterocycles. The average Bonchev–Trinajstić information content (AvgIpc) is 3.29. The van der Waals surface area contributed by atoms with Gasteiger partial charge in [0.2, 0.25) is 0 Å². The summed E-state index contributed by atoms with van der Waals surface area (Å²) < 4.78 is 1.89. The first kappa shape index (κ1) is 14.6. The molecule has 0 amide bonds. The van der Waals surface area contributed by atoms with Crippen LogP contribution in [0.2, 0.25) is 0 Å². The minimum absolute atomic E-state index is 0.00602. The van der Waals surface area contributed by atoms with Crippen molar-refractivity contribution in [3.63, 3.8) is 0 Å². The van der Waals surface area contributed by atoms with E-state index in [0.29, 0.717) is 6.42 Å².